The number of benzene rings is 1. The van der Waals surface area contributed by atoms with Gasteiger partial charge in [-0.05, 0) is 45.7 Å². The van der Waals surface area contributed by atoms with Crippen LogP contribution in [-0.2, 0) is 6.54 Å². The zero-order valence-electron chi connectivity index (χ0n) is 13.8. The van der Waals surface area contributed by atoms with Crippen molar-refractivity contribution in [3.63, 3.8) is 0 Å². The van der Waals surface area contributed by atoms with Crippen LogP contribution in [0.5, 0.6) is 0 Å². The van der Waals surface area contributed by atoms with Crippen LogP contribution in [0, 0.1) is 0 Å². The van der Waals surface area contributed by atoms with Crippen molar-refractivity contribution in [2.75, 3.05) is 7.05 Å². The third-order valence-electron chi connectivity index (χ3n) is 5.61. The zero-order chi connectivity index (χ0) is 16.0. The molecule has 1 N–H and O–H groups in total. The minimum Gasteiger partial charge on any atom is -0.348 e. The van der Waals surface area contributed by atoms with Crippen LogP contribution in [0.4, 0.5) is 0 Å². The first-order valence-corrected chi connectivity index (χ1v) is 8.65. The highest BCUT2D eigenvalue weighted by Crippen LogP contribution is 2.34. The summed E-state index contributed by atoms with van der Waals surface area (Å²) in [5.74, 6) is -0.0256. The van der Waals surface area contributed by atoms with Crippen LogP contribution in [0.2, 0.25) is 0 Å². The fourth-order valence-electron chi connectivity index (χ4n) is 4.32. The quantitative estimate of drug-likeness (QED) is 0.947. The molecule has 23 heavy (non-hydrogen) atoms. The molecular formula is C18H24N4O. The van der Waals surface area contributed by atoms with E-state index in [0.717, 1.165) is 30.3 Å². The summed E-state index contributed by atoms with van der Waals surface area (Å²) >= 11 is 0. The summed E-state index contributed by atoms with van der Waals surface area (Å²) < 4.78 is 1.91. The molecule has 4 rings (SSSR count). The maximum atomic E-state index is 12.8. The number of carbonyl (C=O) groups excluding carboxylic acids is 1. The van der Waals surface area contributed by atoms with Crippen LogP contribution >= 0.6 is 0 Å². The summed E-state index contributed by atoms with van der Waals surface area (Å²) in [4.78, 5) is 15.3. The lowest BCUT2D eigenvalue weighted by molar-refractivity contribution is 0.0878. The molecule has 2 aliphatic heterocycles. The summed E-state index contributed by atoms with van der Waals surface area (Å²) in [7, 11) is 2.22. The van der Waals surface area contributed by atoms with Gasteiger partial charge in [-0.3, -0.25) is 9.48 Å². The molecule has 2 aliphatic rings. The molecule has 1 aromatic heterocycles. The molecule has 0 aliphatic carbocycles. The van der Waals surface area contributed by atoms with E-state index >= 15 is 0 Å². The molecule has 0 radical (unpaired) electrons. The first kappa shape index (κ1) is 14.7. The van der Waals surface area contributed by atoms with Crippen LogP contribution in [-0.4, -0.2) is 45.8 Å². The second kappa shape index (κ2) is 5.64. The van der Waals surface area contributed by atoms with E-state index in [9.17, 15) is 4.79 Å². The first-order valence-electron chi connectivity index (χ1n) is 8.65. The molecule has 0 saturated carbocycles. The number of carbonyl (C=O) groups is 1. The van der Waals surface area contributed by atoms with Crippen LogP contribution in [0.25, 0.3) is 10.9 Å². The monoisotopic (exact) mass is 312 g/mol. The molecule has 1 aromatic carbocycles. The Kier molecular flexibility index (Phi) is 3.60. The highest BCUT2D eigenvalue weighted by molar-refractivity contribution is 6.04. The van der Waals surface area contributed by atoms with Crippen LogP contribution in [0.1, 0.15) is 43.1 Å². The zero-order valence-corrected chi connectivity index (χ0v) is 13.8. The van der Waals surface area contributed by atoms with E-state index in [-0.39, 0.29) is 11.9 Å². The Balaban J connectivity index is 1.56. The van der Waals surface area contributed by atoms with Crippen LogP contribution in [0.15, 0.2) is 24.3 Å². The predicted molar refractivity (Wildman–Crippen MR) is 90.5 cm³/mol. The minimum absolute atomic E-state index is 0.0256. The van der Waals surface area contributed by atoms with Gasteiger partial charge in [-0.25, -0.2) is 0 Å². The third-order valence-corrected chi connectivity index (χ3v) is 5.61. The van der Waals surface area contributed by atoms with E-state index in [1.165, 1.54) is 12.8 Å². The Labute approximate surface area is 136 Å². The number of amides is 1. The Morgan fingerprint density at radius 3 is 2.65 bits per heavy atom. The molecule has 122 valence electrons. The maximum Gasteiger partial charge on any atom is 0.272 e. The fraction of sp³-hybridized carbons (Fsp3) is 0.556. The van der Waals surface area contributed by atoms with E-state index in [0.29, 0.717) is 17.8 Å². The summed E-state index contributed by atoms with van der Waals surface area (Å²) in [6.45, 7) is 2.82. The van der Waals surface area contributed by atoms with Gasteiger partial charge >= 0.3 is 0 Å². The Morgan fingerprint density at radius 2 is 1.96 bits per heavy atom. The van der Waals surface area contributed by atoms with Crippen molar-refractivity contribution in [2.24, 2.45) is 0 Å². The number of nitrogens with zero attached hydrogens (tertiary/aromatic N) is 3. The standard InChI is InChI=1S/C18H24N4O/c1-3-22-16-7-5-4-6-15(16)17(20-22)18(23)19-12-10-13-8-9-14(11-12)21(13)2/h4-7,12-14H,3,8-11H2,1-2H3,(H,19,23)/t12?,13-,14+. The van der Waals surface area contributed by atoms with Crippen molar-refractivity contribution in [1.29, 1.82) is 0 Å². The maximum absolute atomic E-state index is 12.8. The number of hydrogen-bond acceptors (Lipinski definition) is 3. The summed E-state index contributed by atoms with van der Waals surface area (Å²) in [5.41, 5.74) is 1.59. The first-order chi connectivity index (χ1) is 11.2. The normalized spacial score (nSPS) is 27.5. The van der Waals surface area contributed by atoms with Gasteiger partial charge in [-0.2, -0.15) is 5.10 Å². The number of piperidine rings is 1. The molecule has 2 fully saturated rings. The van der Waals surface area contributed by atoms with Crippen molar-refractivity contribution >= 4 is 16.8 Å². The number of nitrogens with one attached hydrogen (secondary N) is 1. The summed E-state index contributed by atoms with van der Waals surface area (Å²) in [6, 6.07) is 9.51. The minimum atomic E-state index is -0.0256. The van der Waals surface area contributed by atoms with Gasteiger partial charge < -0.3 is 10.2 Å². The Morgan fingerprint density at radius 1 is 1.26 bits per heavy atom. The van der Waals surface area contributed by atoms with Crippen LogP contribution < -0.4 is 5.32 Å². The van der Waals surface area contributed by atoms with Crippen molar-refractivity contribution in [3.8, 4) is 0 Å². The summed E-state index contributed by atoms with van der Waals surface area (Å²) in [6.07, 6.45) is 4.65. The number of fused-ring (bicyclic) bond motifs is 3. The average molecular weight is 312 g/mol. The molecule has 5 nitrogen and oxygen atoms in total. The van der Waals surface area contributed by atoms with Gasteiger partial charge in [0.15, 0.2) is 5.69 Å². The molecule has 5 heteroatoms. The van der Waals surface area contributed by atoms with Gasteiger partial charge in [0.1, 0.15) is 0 Å². The van der Waals surface area contributed by atoms with Crippen LogP contribution in [0.3, 0.4) is 0 Å². The van der Waals surface area contributed by atoms with E-state index in [4.69, 9.17) is 0 Å². The van der Waals surface area contributed by atoms with Gasteiger partial charge in [0.25, 0.3) is 5.91 Å². The van der Waals surface area contributed by atoms with Gasteiger partial charge in [0.05, 0.1) is 5.52 Å². The van der Waals surface area contributed by atoms with Gasteiger partial charge in [-0.15, -0.1) is 0 Å². The lowest BCUT2D eigenvalue weighted by atomic mass is 9.98. The van der Waals surface area contributed by atoms with E-state index < -0.39 is 0 Å². The van der Waals surface area contributed by atoms with Crippen molar-refractivity contribution in [1.82, 2.24) is 20.0 Å². The second-order valence-corrected chi connectivity index (χ2v) is 6.87. The molecule has 1 amide bonds. The van der Waals surface area contributed by atoms with Crippen molar-refractivity contribution in [3.05, 3.63) is 30.0 Å². The third kappa shape index (κ3) is 2.43. The number of para-hydroxylation sites is 1. The predicted octanol–water partition coefficient (Wildman–Crippen LogP) is 2.41. The highest BCUT2D eigenvalue weighted by Gasteiger charge is 2.39. The largest absolute Gasteiger partial charge is 0.348 e. The highest BCUT2D eigenvalue weighted by atomic mass is 16.2. The number of aromatic nitrogens is 2. The molecule has 2 aromatic rings. The Hall–Kier alpha value is -1.88. The molecule has 2 bridgehead atoms. The molecule has 2 saturated heterocycles. The topological polar surface area (TPSA) is 50.2 Å². The Bertz CT molecular complexity index is 724. The molecule has 0 spiro atoms. The van der Waals surface area contributed by atoms with Gasteiger partial charge in [-0.1, -0.05) is 18.2 Å². The smallest absolute Gasteiger partial charge is 0.272 e. The fourth-order valence-corrected chi connectivity index (χ4v) is 4.32. The van der Waals surface area contributed by atoms with E-state index in [1.54, 1.807) is 0 Å². The van der Waals surface area contributed by atoms with Gasteiger partial charge in [0, 0.05) is 30.1 Å². The lowest BCUT2D eigenvalue weighted by Crippen LogP contribution is -2.48. The number of hydrogen-bond donors (Lipinski definition) is 1. The SMILES string of the molecule is CCn1nc(C(=O)NC2C[C@H]3CC[C@@H](C2)N3C)c2ccccc21. The average Bonchev–Trinajstić information content (AvgIpc) is 3.01. The molecule has 3 heterocycles. The molecular weight excluding hydrogens is 288 g/mol. The molecule has 1 unspecified atom stereocenters. The van der Waals surface area contributed by atoms with Crippen molar-refractivity contribution in [2.45, 2.75) is 57.3 Å². The number of aryl methyl sites for hydroxylation is 1. The van der Waals surface area contributed by atoms with Crippen molar-refractivity contribution < 1.29 is 4.79 Å². The summed E-state index contributed by atoms with van der Waals surface area (Å²) in [5, 5.41) is 8.73. The lowest BCUT2D eigenvalue weighted by Gasteiger charge is -2.36. The number of rotatable bonds is 3. The second-order valence-electron chi connectivity index (χ2n) is 6.87. The van der Waals surface area contributed by atoms with Gasteiger partial charge in [0.2, 0.25) is 0 Å². The van der Waals surface area contributed by atoms with E-state index in [2.05, 4.69) is 29.3 Å². The van der Waals surface area contributed by atoms with E-state index in [1.807, 2.05) is 28.9 Å². The molecule has 3 atom stereocenters.